The largest absolute Gasteiger partial charge is 0.465 e. The van der Waals surface area contributed by atoms with Crippen LogP contribution in [0, 0.1) is 0 Å². The van der Waals surface area contributed by atoms with Crippen LogP contribution in [-0.4, -0.2) is 63.6 Å². The molecule has 33 heavy (non-hydrogen) atoms. The quantitative estimate of drug-likeness (QED) is 0.461. The van der Waals surface area contributed by atoms with Gasteiger partial charge in [-0.15, -0.1) is 0 Å². The second-order valence-corrected chi connectivity index (χ2v) is 8.18. The lowest BCUT2D eigenvalue weighted by Crippen LogP contribution is -2.50. The number of hydrogen-bond acceptors (Lipinski definition) is 6. The second-order valence-electron chi connectivity index (χ2n) is 7.74. The highest BCUT2D eigenvalue weighted by molar-refractivity contribution is 6.30. The zero-order chi connectivity index (χ0) is 24.1. The molecule has 0 aliphatic carbocycles. The zero-order valence-electron chi connectivity index (χ0n) is 18.9. The SMILES string of the molecule is CCOC(=O)C(c1ccc(Cl)cc1)N1CCN(C(=O)/C=C/c2cn(C)c(=O)n(C)c2=O)CC1. The van der Waals surface area contributed by atoms with Gasteiger partial charge in [0.2, 0.25) is 5.91 Å². The first-order valence-corrected chi connectivity index (χ1v) is 11.0. The first-order chi connectivity index (χ1) is 15.7. The summed E-state index contributed by atoms with van der Waals surface area (Å²) in [6.45, 7) is 3.82. The highest BCUT2D eigenvalue weighted by atomic mass is 35.5. The predicted molar refractivity (Wildman–Crippen MR) is 125 cm³/mol. The van der Waals surface area contributed by atoms with Crippen molar-refractivity contribution in [2.75, 3.05) is 32.8 Å². The number of aromatic nitrogens is 2. The number of aryl methyl sites for hydroxylation is 1. The normalized spacial score (nSPS) is 15.6. The van der Waals surface area contributed by atoms with Gasteiger partial charge in [-0.2, -0.15) is 0 Å². The maximum Gasteiger partial charge on any atom is 0.330 e. The molecule has 3 rings (SSSR count). The summed E-state index contributed by atoms with van der Waals surface area (Å²) >= 11 is 5.99. The van der Waals surface area contributed by atoms with Crippen molar-refractivity contribution < 1.29 is 14.3 Å². The van der Waals surface area contributed by atoms with Crippen molar-refractivity contribution in [2.45, 2.75) is 13.0 Å². The van der Waals surface area contributed by atoms with Crippen LogP contribution in [0.4, 0.5) is 0 Å². The molecule has 9 nitrogen and oxygen atoms in total. The number of esters is 1. The lowest BCUT2D eigenvalue weighted by atomic mass is 10.0. The molecular formula is C23H27ClN4O5. The maximum absolute atomic E-state index is 12.7. The van der Waals surface area contributed by atoms with Gasteiger partial charge in [0.05, 0.1) is 12.2 Å². The van der Waals surface area contributed by atoms with Crippen LogP contribution in [0.25, 0.3) is 6.08 Å². The Morgan fingerprint density at radius 1 is 1.09 bits per heavy atom. The van der Waals surface area contributed by atoms with Gasteiger partial charge in [0.15, 0.2) is 0 Å². The number of carbonyl (C=O) groups excluding carboxylic acids is 2. The van der Waals surface area contributed by atoms with Gasteiger partial charge < -0.3 is 14.2 Å². The summed E-state index contributed by atoms with van der Waals surface area (Å²) in [6.07, 6.45) is 4.16. The molecular weight excluding hydrogens is 448 g/mol. The molecule has 1 unspecified atom stereocenters. The molecule has 1 aromatic heterocycles. The summed E-state index contributed by atoms with van der Waals surface area (Å²) < 4.78 is 7.57. The van der Waals surface area contributed by atoms with E-state index >= 15 is 0 Å². The van der Waals surface area contributed by atoms with Crippen molar-refractivity contribution in [1.29, 1.82) is 0 Å². The van der Waals surface area contributed by atoms with Crippen LogP contribution < -0.4 is 11.2 Å². The average molecular weight is 475 g/mol. The smallest absolute Gasteiger partial charge is 0.330 e. The predicted octanol–water partition coefficient (Wildman–Crippen LogP) is 1.20. The Hall–Kier alpha value is -3.17. The molecule has 2 heterocycles. The number of carbonyl (C=O) groups is 2. The molecule has 10 heteroatoms. The molecule has 1 aliphatic rings. The standard InChI is InChI=1S/C23H27ClN4O5/c1-4-33-22(31)20(16-5-8-18(24)9-6-16)28-13-11-27(12-14-28)19(29)10-7-17-15-25(2)23(32)26(3)21(17)30/h5-10,15,20H,4,11-14H2,1-3H3/b10-7+. The minimum absolute atomic E-state index is 0.246. The van der Waals surface area contributed by atoms with Crippen LogP contribution in [0.2, 0.25) is 5.02 Å². The van der Waals surface area contributed by atoms with E-state index < -0.39 is 17.3 Å². The second kappa shape index (κ2) is 10.6. The molecule has 1 fully saturated rings. The molecule has 0 saturated carbocycles. The highest BCUT2D eigenvalue weighted by Gasteiger charge is 2.32. The van der Waals surface area contributed by atoms with Gasteiger partial charge in [-0.25, -0.2) is 9.59 Å². The van der Waals surface area contributed by atoms with E-state index in [0.29, 0.717) is 31.2 Å². The van der Waals surface area contributed by atoms with Crippen LogP contribution in [0.5, 0.6) is 0 Å². The lowest BCUT2D eigenvalue weighted by Gasteiger charge is -2.38. The van der Waals surface area contributed by atoms with Gasteiger partial charge >= 0.3 is 11.7 Å². The van der Waals surface area contributed by atoms with Gasteiger partial charge in [-0.05, 0) is 30.7 Å². The van der Waals surface area contributed by atoms with Gasteiger partial charge in [-0.3, -0.25) is 19.1 Å². The Kier molecular flexibility index (Phi) is 7.88. The number of hydrogen-bond donors (Lipinski definition) is 0. The summed E-state index contributed by atoms with van der Waals surface area (Å²) in [5, 5.41) is 0.580. The van der Waals surface area contributed by atoms with Crippen LogP contribution >= 0.6 is 11.6 Å². The molecule has 1 amide bonds. The van der Waals surface area contributed by atoms with E-state index in [2.05, 4.69) is 0 Å². The minimum Gasteiger partial charge on any atom is -0.465 e. The van der Waals surface area contributed by atoms with Gasteiger partial charge in [0.1, 0.15) is 6.04 Å². The van der Waals surface area contributed by atoms with Crippen LogP contribution in [0.3, 0.4) is 0 Å². The van der Waals surface area contributed by atoms with E-state index in [9.17, 15) is 19.2 Å². The summed E-state index contributed by atoms with van der Waals surface area (Å²) in [6, 6.07) is 6.49. The monoisotopic (exact) mass is 474 g/mol. The Morgan fingerprint density at radius 3 is 2.33 bits per heavy atom. The fourth-order valence-corrected chi connectivity index (χ4v) is 3.91. The summed E-state index contributed by atoms with van der Waals surface area (Å²) in [4.78, 5) is 53.0. The van der Waals surface area contributed by atoms with Gasteiger partial charge in [0.25, 0.3) is 5.56 Å². The molecule has 1 atom stereocenters. The van der Waals surface area contributed by atoms with Crippen molar-refractivity contribution in [2.24, 2.45) is 14.1 Å². The maximum atomic E-state index is 12.7. The van der Waals surface area contributed by atoms with Crippen LogP contribution in [-0.2, 0) is 28.4 Å². The molecule has 1 saturated heterocycles. The molecule has 0 radical (unpaired) electrons. The van der Waals surface area contributed by atoms with E-state index in [4.69, 9.17) is 16.3 Å². The molecule has 1 aliphatic heterocycles. The molecule has 2 aromatic rings. The Labute approximate surface area is 196 Å². The van der Waals surface area contributed by atoms with Crippen molar-refractivity contribution in [3.8, 4) is 0 Å². The zero-order valence-corrected chi connectivity index (χ0v) is 19.6. The molecule has 0 bridgehead atoms. The number of halogens is 1. The Morgan fingerprint density at radius 2 is 1.73 bits per heavy atom. The van der Waals surface area contributed by atoms with Crippen molar-refractivity contribution >= 4 is 29.6 Å². The minimum atomic E-state index is -0.580. The summed E-state index contributed by atoms with van der Waals surface area (Å²) in [7, 11) is 2.94. The third kappa shape index (κ3) is 5.61. The lowest BCUT2D eigenvalue weighted by molar-refractivity contribution is -0.151. The summed E-state index contributed by atoms with van der Waals surface area (Å²) in [5.41, 5.74) is 0.128. The third-order valence-electron chi connectivity index (χ3n) is 5.57. The van der Waals surface area contributed by atoms with E-state index in [1.54, 1.807) is 43.1 Å². The van der Waals surface area contributed by atoms with E-state index in [-0.39, 0.29) is 24.0 Å². The number of amides is 1. The van der Waals surface area contributed by atoms with Gasteiger partial charge in [-0.1, -0.05) is 23.7 Å². The number of benzene rings is 1. The Bertz CT molecular complexity index is 1160. The highest BCUT2D eigenvalue weighted by Crippen LogP contribution is 2.25. The molecule has 1 aromatic carbocycles. The van der Waals surface area contributed by atoms with Crippen molar-refractivity contribution in [3.63, 3.8) is 0 Å². The summed E-state index contributed by atoms with van der Waals surface area (Å²) in [5.74, 6) is -0.588. The Balaban J connectivity index is 1.70. The number of nitrogens with zero attached hydrogens (tertiary/aromatic N) is 4. The number of ether oxygens (including phenoxy) is 1. The number of rotatable bonds is 6. The number of piperazine rings is 1. The third-order valence-corrected chi connectivity index (χ3v) is 5.82. The van der Waals surface area contributed by atoms with Crippen LogP contribution in [0.15, 0.2) is 46.1 Å². The van der Waals surface area contributed by atoms with E-state index in [1.807, 2.05) is 4.90 Å². The van der Waals surface area contributed by atoms with E-state index in [0.717, 1.165) is 10.1 Å². The first kappa shape index (κ1) is 24.5. The molecule has 0 spiro atoms. The van der Waals surface area contributed by atoms with E-state index in [1.165, 1.54) is 30.0 Å². The fraction of sp³-hybridized carbons (Fsp3) is 0.391. The average Bonchev–Trinajstić information content (AvgIpc) is 2.81. The molecule has 176 valence electrons. The van der Waals surface area contributed by atoms with Crippen molar-refractivity contribution in [1.82, 2.24) is 18.9 Å². The molecule has 0 N–H and O–H groups in total. The van der Waals surface area contributed by atoms with Crippen LogP contribution in [0.1, 0.15) is 24.1 Å². The first-order valence-electron chi connectivity index (χ1n) is 10.6. The van der Waals surface area contributed by atoms with Crippen molar-refractivity contribution in [3.05, 3.63) is 73.5 Å². The fourth-order valence-electron chi connectivity index (χ4n) is 3.78. The topological polar surface area (TPSA) is 93.8 Å². The van der Waals surface area contributed by atoms with Gasteiger partial charge in [0, 0.05) is 57.6 Å².